The van der Waals surface area contributed by atoms with Crippen LogP contribution < -0.4 is 5.48 Å². The zero-order valence-electron chi connectivity index (χ0n) is 6.31. The first kappa shape index (κ1) is 8.92. The summed E-state index contributed by atoms with van der Waals surface area (Å²) in [5.74, 6) is 0. The van der Waals surface area contributed by atoms with Crippen LogP contribution in [-0.2, 0) is 5.21 Å². The van der Waals surface area contributed by atoms with Crippen molar-refractivity contribution in [2.75, 3.05) is 0 Å². The van der Waals surface area contributed by atoms with Crippen LogP contribution in [0, 0.1) is 0 Å². The topological polar surface area (TPSA) is 31.9 Å². The van der Waals surface area contributed by atoms with E-state index in [1.165, 1.54) is 6.42 Å². The molecule has 0 aromatic carbocycles. The van der Waals surface area contributed by atoms with E-state index in [1.807, 2.05) is 12.4 Å². The van der Waals surface area contributed by atoms with Crippen molar-refractivity contribution < 1.29 is 5.21 Å². The maximum Gasteiger partial charge on any atom is 0.0350 e. The van der Waals surface area contributed by atoms with Crippen molar-refractivity contribution in [3.63, 3.8) is 0 Å². The van der Waals surface area contributed by atoms with Gasteiger partial charge in [-0.15, -0.1) is 5.21 Å². The van der Waals surface area contributed by atoms with Crippen LogP contribution in [-0.4, -0.2) is 6.04 Å². The molecular weight excluding hydrogens is 114 g/mol. The number of rotatable bonds is 5. The molecule has 2 nitrogen and oxygen atoms in total. The molecule has 0 aliphatic heterocycles. The van der Waals surface area contributed by atoms with Crippen LogP contribution in [0.4, 0.5) is 0 Å². The third kappa shape index (κ3) is 4.43. The quantitative estimate of drug-likeness (QED) is 0.566. The van der Waals surface area contributed by atoms with Gasteiger partial charge in [-0.05, 0) is 12.8 Å². The van der Waals surface area contributed by atoms with Gasteiger partial charge in [-0.2, -0.15) is 5.48 Å². The van der Waals surface area contributed by atoms with Gasteiger partial charge in [0.1, 0.15) is 0 Å². The molecule has 0 aliphatic rings. The summed E-state index contributed by atoms with van der Waals surface area (Å²) in [6, 6.07) is 0.199. The van der Waals surface area contributed by atoms with Crippen LogP contribution in [0.3, 0.4) is 0 Å². The van der Waals surface area contributed by atoms with Crippen LogP contribution in [0.25, 0.3) is 0 Å². The summed E-state index contributed by atoms with van der Waals surface area (Å²) in [6.45, 7) is 4.17. The van der Waals surface area contributed by atoms with Crippen LogP contribution in [0.2, 0.25) is 0 Å². The molecule has 0 aromatic heterocycles. The van der Waals surface area contributed by atoms with E-state index in [0.717, 1.165) is 19.3 Å². The van der Waals surface area contributed by atoms with Gasteiger partial charge >= 0.3 is 0 Å². The van der Waals surface area contributed by atoms with Crippen molar-refractivity contribution in [3.8, 4) is 0 Å². The molecule has 1 atom stereocenters. The number of hydrogen-bond acceptors (Lipinski definition) is 1. The molecule has 0 bridgehead atoms. The number of hydroxylamine groups is 1. The van der Waals surface area contributed by atoms with E-state index >= 15 is 0 Å². The highest BCUT2D eigenvalue weighted by Crippen LogP contribution is 2.02. The second kappa shape index (κ2) is 6.05. The van der Waals surface area contributed by atoms with Crippen molar-refractivity contribution in [3.05, 3.63) is 0 Å². The van der Waals surface area contributed by atoms with Gasteiger partial charge in [0.15, 0.2) is 0 Å². The van der Waals surface area contributed by atoms with Gasteiger partial charge in [-0.1, -0.05) is 26.7 Å². The van der Waals surface area contributed by atoms with E-state index in [0.29, 0.717) is 0 Å². The molecule has 0 spiro atoms. The van der Waals surface area contributed by atoms with E-state index in [9.17, 15) is 5.21 Å². The van der Waals surface area contributed by atoms with E-state index in [1.54, 1.807) is 0 Å². The highest BCUT2D eigenvalue weighted by molar-refractivity contribution is 4.57. The molecule has 9 heavy (non-hydrogen) atoms. The summed E-state index contributed by atoms with van der Waals surface area (Å²) in [4.78, 5) is 0. The average Bonchev–Trinajstić information content (AvgIpc) is 1.91. The maximum atomic E-state index is 10.1. The summed E-state index contributed by atoms with van der Waals surface area (Å²) in [5.41, 5.74) is 2.04. The van der Waals surface area contributed by atoms with Crippen LogP contribution in [0.1, 0.15) is 39.5 Å². The lowest BCUT2D eigenvalue weighted by molar-refractivity contribution is 0.0394. The monoisotopic (exact) mass is 130 g/mol. The lowest BCUT2D eigenvalue weighted by Crippen LogP contribution is -2.22. The van der Waals surface area contributed by atoms with E-state index in [2.05, 4.69) is 6.92 Å². The molecule has 0 aliphatic carbocycles. The molecule has 0 amide bonds. The van der Waals surface area contributed by atoms with Gasteiger partial charge in [-0.3, -0.25) is 0 Å². The van der Waals surface area contributed by atoms with Crippen molar-refractivity contribution >= 4 is 0 Å². The zero-order valence-corrected chi connectivity index (χ0v) is 6.31. The van der Waals surface area contributed by atoms with E-state index in [-0.39, 0.29) is 6.04 Å². The normalized spacial score (nSPS) is 13.7. The summed E-state index contributed by atoms with van der Waals surface area (Å²) in [7, 11) is 0. The SMILES string of the molecule is CCCCC(CC)N[O]. The van der Waals surface area contributed by atoms with Crippen molar-refractivity contribution in [1.29, 1.82) is 0 Å². The van der Waals surface area contributed by atoms with Crippen LogP contribution in [0.15, 0.2) is 0 Å². The number of hydrogen-bond donors (Lipinski definition) is 1. The Hall–Kier alpha value is -0.0800. The highest BCUT2D eigenvalue weighted by Gasteiger charge is 2.01. The molecule has 1 N–H and O–H groups in total. The average molecular weight is 130 g/mol. The Labute approximate surface area is 57.2 Å². The third-order valence-corrected chi connectivity index (χ3v) is 1.57. The third-order valence-electron chi connectivity index (χ3n) is 1.57. The summed E-state index contributed by atoms with van der Waals surface area (Å²) < 4.78 is 0. The van der Waals surface area contributed by atoms with Crippen LogP contribution >= 0.6 is 0 Å². The second-order valence-electron chi connectivity index (χ2n) is 2.37. The lowest BCUT2D eigenvalue weighted by Gasteiger charge is -2.08. The molecule has 0 heterocycles. The molecular formula is C7H16NO. The Bertz CT molecular complexity index is 52.9. The molecule has 0 saturated carbocycles. The van der Waals surface area contributed by atoms with Crippen molar-refractivity contribution in [1.82, 2.24) is 5.48 Å². The fourth-order valence-corrected chi connectivity index (χ4v) is 0.797. The standard InChI is InChI=1S/C7H16NO/c1-3-5-6-7(4-2)8-9/h7-8H,3-6H2,1-2H3. The van der Waals surface area contributed by atoms with Crippen molar-refractivity contribution in [2.45, 2.75) is 45.6 Å². The molecule has 1 radical (unpaired) electrons. The van der Waals surface area contributed by atoms with Gasteiger partial charge in [0.25, 0.3) is 0 Å². The molecule has 0 aromatic rings. The Morgan fingerprint density at radius 3 is 2.44 bits per heavy atom. The fourth-order valence-electron chi connectivity index (χ4n) is 0.797. The smallest absolute Gasteiger partial charge is 0.0350 e. The van der Waals surface area contributed by atoms with Gasteiger partial charge in [-0.25, -0.2) is 0 Å². The van der Waals surface area contributed by atoms with Gasteiger partial charge < -0.3 is 0 Å². The Morgan fingerprint density at radius 1 is 1.44 bits per heavy atom. The molecule has 0 saturated heterocycles. The minimum Gasteiger partial charge on any atom is -0.165 e. The van der Waals surface area contributed by atoms with Crippen LogP contribution in [0.5, 0.6) is 0 Å². The van der Waals surface area contributed by atoms with E-state index in [4.69, 9.17) is 0 Å². The predicted octanol–water partition coefficient (Wildman–Crippen LogP) is 1.89. The molecule has 2 heteroatoms. The van der Waals surface area contributed by atoms with Crippen molar-refractivity contribution in [2.24, 2.45) is 0 Å². The molecule has 0 fully saturated rings. The first-order valence-corrected chi connectivity index (χ1v) is 3.72. The van der Waals surface area contributed by atoms with Gasteiger partial charge in [0, 0.05) is 6.04 Å². The Balaban J connectivity index is 3.09. The zero-order chi connectivity index (χ0) is 7.11. The minimum absolute atomic E-state index is 0.199. The largest absolute Gasteiger partial charge is 0.165 e. The first-order valence-electron chi connectivity index (χ1n) is 3.72. The summed E-state index contributed by atoms with van der Waals surface area (Å²) >= 11 is 0. The number of nitrogens with one attached hydrogen (secondary N) is 1. The molecule has 1 unspecified atom stereocenters. The fraction of sp³-hybridized carbons (Fsp3) is 1.00. The van der Waals surface area contributed by atoms with Gasteiger partial charge in [0.05, 0.1) is 0 Å². The molecule has 0 rings (SSSR count). The van der Waals surface area contributed by atoms with Gasteiger partial charge in [0.2, 0.25) is 0 Å². The minimum atomic E-state index is 0.199. The second-order valence-corrected chi connectivity index (χ2v) is 2.37. The Kier molecular flexibility index (Phi) is 5.99. The maximum absolute atomic E-state index is 10.1. The number of unbranched alkanes of at least 4 members (excludes halogenated alkanes) is 1. The molecule has 55 valence electrons. The Morgan fingerprint density at radius 2 is 2.11 bits per heavy atom. The lowest BCUT2D eigenvalue weighted by atomic mass is 10.1. The highest BCUT2D eigenvalue weighted by atomic mass is 16.5. The first-order chi connectivity index (χ1) is 4.35. The summed E-state index contributed by atoms with van der Waals surface area (Å²) in [6.07, 6.45) is 4.31. The van der Waals surface area contributed by atoms with E-state index < -0.39 is 0 Å². The summed E-state index contributed by atoms with van der Waals surface area (Å²) in [5, 5.41) is 10.1. The predicted molar refractivity (Wildman–Crippen MR) is 37.4 cm³/mol.